The smallest absolute Gasteiger partial charge is 0.323 e. The molecule has 0 atom stereocenters. The predicted octanol–water partition coefficient (Wildman–Crippen LogP) is 4.96. The number of halogens is 1. The van der Waals surface area contributed by atoms with Crippen molar-refractivity contribution in [3.05, 3.63) is 82.5 Å². The number of aryl methyl sites for hydroxylation is 2. The molecular formula is C25H26ClN5O2. The van der Waals surface area contributed by atoms with Gasteiger partial charge in [0.2, 0.25) is 0 Å². The van der Waals surface area contributed by atoms with Gasteiger partial charge >= 0.3 is 6.03 Å². The van der Waals surface area contributed by atoms with Gasteiger partial charge in [-0.05, 0) is 55.3 Å². The summed E-state index contributed by atoms with van der Waals surface area (Å²) in [6.45, 7) is 6.45. The first-order chi connectivity index (χ1) is 15.9. The first-order valence-electron chi connectivity index (χ1n) is 10.8. The predicted molar refractivity (Wildman–Crippen MR) is 132 cm³/mol. The number of hydrogen-bond acceptors (Lipinski definition) is 4. The maximum Gasteiger partial charge on any atom is 0.323 e. The van der Waals surface area contributed by atoms with E-state index in [-0.39, 0.29) is 11.9 Å². The van der Waals surface area contributed by atoms with Crippen molar-refractivity contribution in [2.45, 2.75) is 13.8 Å². The van der Waals surface area contributed by atoms with Crippen molar-refractivity contribution in [1.82, 2.24) is 9.88 Å². The number of rotatable bonds is 4. The number of benzene rings is 2. The van der Waals surface area contributed by atoms with Gasteiger partial charge in [-0.25, -0.2) is 9.78 Å². The summed E-state index contributed by atoms with van der Waals surface area (Å²) in [6, 6.07) is 16.4. The fourth-order valence-electron chi connectivity index (χ4n) is 3.75. The molecular weight excluding hydrogens is 438 g/mol. The van der Waals surface area contributed by atoms with Crippen LogP contribution in [-0.4, -0.2) is 48.0 Å². The number of aromatic nitrogens is 1. The maximum atomic E-state index is 12.7. The fraction of sp³-hybridized carbons (Fsp3) is 0.240. The van der Waals surface area contributed by atoms with Crippen LogP contribution in [0.2, 0.25) is 5.02 Å². The highest BCUT2D eigenvalue weighted by molar-refractivity contribution is 6.33. The molecule has 2 N–H and O–H groups in total. The Bertz CT molecular complexity index is 1160. The number of carbonyl (C=O) groups excluding carboxylic acids is 2. The number of nitrogens with zero attached hydrogens (tertiary/aromatic N) is 3. The Morgan fingerprint density at radius 1 is 0.939 bits per heavy atom. The summed E-state index contributed by atoms with van der Waals surface area (Å²) in [4.78, 5) is 33.5. The summed E-state index contributed by atoms with van der Waals surface area (Å²) in [7, 11) is 0. The molecule has 7 nitrogen and oxygen atoms in total. The van der Waals surface area contributed by atoms with E-state index in [4.69, 9.17) is 11.6 Å². The molecule has 0 unspecified atom stereocenters. The molecule has 3 amide bonds. The van der Waals surface area contributed by atoms with Crippen LogP contribution in [0.3, 0.4) is 0 Å². The topological polar surface area (TPSA) is 77.6 Å². The van der Waals surface area contributed by atoms with Gasteiger partial charge in [0, 0.05) is 31.9 Å². The van der Waals surface area contributed by atoms with E-state index in [1.165, 1.54) is 0 Å². The van der Waals surface area contributed by atoms with Gasteiger partial charge in [-0.3, -0.25) is 4.79 Å². The highest BCUT2D eigenvalue weighted by Gasteiger charge is 2.24. The summed E-state index contributed by atoms with van der Waals surface area (Å²) in [5, 5.41) is 6.16. The number of hydrogen-bond donors (Lipinski definition) is 2. The number of urea groups is 1. The summed E-state index contributed by atoms with van der Waals surface area (Å²) >= 11 is 6.17. The Labute approximate surface area is 198 Å². The lowest BCUT2D eigenvalue weighted by molar-refractivity contribution is 0.0746. The van der Waals surface area contributed by atoms with Crippen molar-refractivity contribution in [3.63, 3.8) is 0 Å². The molecule has 8 heteroatoms. The SMILES string of the molecule is Cc1ccc(C)c(NC(=O)Nc2ccc(N3CCN(C(=O)c4ccccc4Cl)CC3)nc2)c1. The summed E-state index contributed by atoms with van der Waals surface area (Å²) in [5.74, 6) is 0.753. The molecule has 2 aromatic carbocycles. The van der Waals surface area contributed by atoms with Gasteiger partial charge in [-0.2, -0.15) is 0 Å². The van der Waals surface area contributed by atoms with Crippen LogP contribution in [0.1, 0.15) is 21.5 Å². The van der Waals surface area contributed by atoms with Crippen LogP contribution in [0.5, 0.6) is 0 Å². The van der Waals surface area contributed by atoms with Gasteiger partial charge in [-0.1, -0.05) is 35.9 Å². The zero-order valence-corrected chi connectivity index (χ0v) is 19.4. The van der Waals surface area contributed by atoms with E-state index < -0.39 is 0 Å². The molecule has 170 valence electrons. The van der Waals surface area contributed by atoms with E-state index in [2.05, 4.69) is 20.5 Å². The van der Waals surface area contributed by atoms with Crippen molar-refractivity contribution >= 4 is 40.7 Å². The van der Waals surface area contributed by atoms with Gasteiger partial charge in [0.05, 0.1) is 22.5 Å². The van der Waals surface area contributed by atoms with E-state index in [1.54, 1.807) is 18.3 Å². The molecule has 1 saturated heterocycles. The third-order valence-corrected chi connectivity index (χ3v) is 5.97. The van der Waals surface area contributed by atoms with E-state index in [9.17, 15) is 9.59 Å². The molecule has 0 spiro atoms. The molecule has 2 heterocycles. The summed E-state index contributed by atoms with van der Waals surface area (Å²) in [6.07, 6.45) is 1.64. The van der Waals surface area contributed by atoms with Gasteiger partial charge in [0.1, 0.15) is 5.82 Å². The Morgan fingerprint density at radius 3 is 2.39 bits per heavy atom. The highest BCUT2D eigenvalue weighted by atomic mass is 35.5. The largest absolute Gasteiger partial charge is 0.353 e. The molecule has 1 aromatic heterocycles. The average molecular weight is 464 g/mol. The standard InChI is InChI=1S/C25H26ClN5O2/c1-17-7-8-18(2)22(15-17)29-25(33)28-19-9-10-23(27-16-19)30-11-13-31(14-12-30)24(32)20-5-3-4-6-21(20)26/h3-10,15-16H,11-14H2,1-2H3,(H2,28,29,33). The molecule has 1 fully saturated rings. The van der Waals surface area contributed by atoms with Crippen LogP contribution in [0.4, 0.5) is 22.0 Å². The molecule has 4 rings (SSSR count). The molecule has 0 bridgehead atoms. The molecule has 0 saturated carbocycles. The Kier molecular flexibility index (Phi) is 6.79. The average Bonchev–Trinajstić information content (AvgIpc) is 2.82. The second-order valence-corrected chi connectivity index (χ2v) is 8.47. The van der Waals surface area contributed by atoms with Gasteiger partial charge in [-0.15, -0.1) is 0 Å². The van der Waals surface area contributed by atoms with Crippen LogP contribution in [0.15, 0.2) is 60.8 Å². The van der Waals surface area contributed by atoms with Crippen LogP contribution in [0.25, 0.3) is 0 Å². The third-order valence-electron chi connectivity index (χ3n) is 5.64. The summed E-state index contributed by atoms with van der Waals surface area (Å²) < 4.78 is 0. The first kappa shape index (κ1) is 22.6. The van der Waals surface area contributed by atoms with Crippen molar-refractivity contribution in [1.29, 1.82) is 0 Å². The normalized spacial score (nSPS) is 13.5. The quantitative estimate of drug-likeness (QED) is 0.573. The van der Waals surface area contributed by atoms with Crippen molar-refractivity contribution in [2.75, 3.05) is 41.7 Å². The minimum absolute atomic E-state index is 0.0531. The highest BCUT2D eigenvalue weighted by Crippen LogP contribution is 2.21. The number of pyridine rings is 1. The lowest BCUT2D eigenvalue weighted by atomic mass is 10.1. The van der Waals surface area contributed by atoms with Crippen LogP contribution in [-0.2, 0) is 0 Å². The Hall–Kier alpha value is -3.58. The minimum Gasteiger partial charge on any atom is -0.353 e. The molecule has 1 aliphatic rings. The molecule has 33 heavy (non-hydrogen) atoms. The lowest BCUT2D eigenvalue weighted by Crippen LogP contribution is -2.49. The number of amides is 3. The zero-order valence-electron chi connectivity index (χ0n) is 18.6. The number of anilines is 3. The molecule has 0 radical (unpaired) electrons. The second kappa shape index (κ2) is 9.92. The minimum atomic E-state index is -0.315. The number of piperazine rings is 1. The van der Waals surface area contributed by atoms with Crippen LogP contribution >= 0.6 is 11.6 Å². The van der Waals surface area contributed by atoms with Gasteiger partial charge in [0.25, 0.3) is 5.91 Å². The molecule has 3 aromatic rings. The van der Waals surface area contributed by atoms with Crippen LogP contribution < -0.4 is 15.5 Å². The summed E-state index contributed by atoms with van der Waals surface area (Å²) in [5.41, 5.74) is 3.99. The number of nitrogens with one attached hydrogen (secondary N) is 2. The molecule has 1 aliphatic heterocycles. The fourth-order valence-corrected chi connectivity index (χ4v) is 3.96. The lowest BCUT2D eigenvalue weighted by Gasteiger charge is -2.35. The molecule has 0 aliphatic carbocycles. The van der Waals surface area contributed by atoms with Gasteiger partial charge < -0.3 is 20.4 Å². The number of carbonyl (C=O) groups is 2. The van der Waals surface area contributed by atoms with Gasteiger partial charge in [0.15, 0.2) is 0 Å². The second-order valence-electron chi connectivity index (χ2n) is 8.06. The van der Waals surface area contributed by atoms with E-state index in [1.807, 2.05) is 61.2 Å². The first-order valence-corrected chi connectivity index (χ1v) is 11.2. The Morgan fingerprint density at radius 2 is 1.70 bits per heavy atom. The van der Waals surface area contributed by atoms with Crippen molar-refractivity contribution < 1.29 is 9.59 Å². The maximum absolute atomic E-state index is 12.7. The monoisotopic (exact) mass is 463 g/mol. The van der Waals surface area contributed by atoms with E-state index in [0.29, 0.717) is 42.5 Å². The van der Waals surface area contributed by atoms with E-state index in [0.717, 1.165) is 22.6 Å². The van der Waals surface area contributed by atoms with Crippen LogP contribution in [0, 0.1) is 13.8 Å². The zero-order chi connectivity index (χ0) is 23.4. The van der Waals surface area contributed by atoms with Crippen molar-refractivity contribution in [3.8, 4) is 0 Å². The third kappa shape index (κ3) is 5.43. The Balaban J connectivity index is 1.31. The van der Waals surface area contributed by atoms with E-state index >= 15 is 0 Å². The van der Waals surface area contributed by atoms with Crippen molar-refractivity contribution in [2.24, 2.45) is 0 Å².